The molecule has 1 fully saturated rings. The van der Waals surface area contributed by atoms with E-state index in [4.69, 9.17) is 5.73 Å². The third kappa shape index (κ3) is 3.50. The molecule has 0 aliphatic heterocycles. The lowest BCUT2D eigenvalue weighted by Crippen LogP contribution is -2.39. The van der Waals surface area contributed by atoms with Crippen LogP contribution in [-0.2, 0) is 9.84 Å². The fourth-order valence-electron chi connectivity index (χ4n) is 2.83. The third-order valence-corrected chi connectivity index (χ3v) is 6.51. The first kappa shape index (κ1) is 17.0. The number of nitrogens with one attached hydrogen (secondary N) is 1. The minimum atomic E-state index is -3.30. The van der Waals surface area contributed by atoms with E-state index in [0.29, 0.717) is 18.0 Å². The number of nitrogens with two attached hydrogens (primary N) is 1. The lowest BCUT2D eigenvalue weighted by atomic mass is 10.0. The number of hydrogen-bond donors (Lipinski definition) is 2. The SMILES string of the molecule is CC(C)S(=O)(=O)c1ccc(C(=O)NC2CCCC2CN)cc1. The fourth-order valence-corrected chi connectivity index (χ4v) is 3.89. The molecule has 2 unspecified atom stereocenters. The standard InChI is InChI=1S/C16H24N2O3S/c1-11(2)22(20,21)14-8-6-12(7-9-14)16(19)18-15-5-3-4-13(15)10-17/h6-9,11,13,15H,3-5,10,17H2,1-2H3,(H,18,19). The van der Waals surface area contributed by atoms with Crippen LogP contribution in [0.1, 0.15) is 43.5 Å². The van der Waals surface area contributed by atoms with Crippen LogP contribution in [0.2, 0.25) is 0 Å². The van der Waals surface area contributed by atoms with E-state index in [1.807, 2.05) is 0 Å². The van der Waals surface area contributed by atoms with Crippen molar-refractivity contribution in [3.63, 3.8) is 0 Å². The highest BCUT2D eigenvalue weighted by atomic mass is 32.2. The minimum absolute atomic E-state index is 0.122. The summed E-state index contributed by atoms with van der Waals surface area (Å²) >= 11 is 0. The van der Waals surface area contributed by atoms with Crippen molar-refractivity contribution in [2.75, 3.05) is 6.54 Å². The Kier molecular flexibility index (Phi) is 5.24. The van der Waals surface area contributed by atoms with Gasteiger partial charge in [0.1, 0.15) is 0 Å². The maximum atomic E-state index is 12.3. The highest BCUT2D eigenvalue weighted by Crippen LogP contribution is 2.25. The van der Waals surface area contributed by atoms with E-state index < -0.39 is 15.1 Å². The maximum Gasteiger partial charge on any atom is 0.251 e. The van der Waals surface area contributed by atoms with Crippen LogP contribution < -0.4 is 11.1 Å². The molecule has 0 heterocycles. The number of amides is 1. The second-order valence-corrected chi connectivity index (χ2v) is 8.63. The Hall–Kier alpha value is -1.40. The molecule has 1 saturated carbocycles. The summed E-state index contributed by atoms with van der Waals surface area (Å²) in [4.78, 5) is 12.5. The number of carbonyl (C=O) groups excluding carboxylic acids is 1. The summed E-state index contributed by atoms with van der Waals surface area (Å²) < 4.78 is 24.1. The lowest BCUT2D eigenvalue weighted by Gasteiger charge is -2.19. The molecule has 1 aliphatic rings. The molecule has 122 valence electrons. The zero-order valence-electron chi connectivity index (χ0n) is 13.1. The third-order valence-electron chi connectivity index (χ3n) is 4.34. The van der Waals surface area contributed by atoms with Gasteiger partial charge in [-0.15, -0.1) is 0 Å². The van der Waals surface area contributed by atoms with Gasteiger partial charge in [-0.1, -0.05) is 6.42 Å². The number of sulfone groups is 1. The largest absolute Gasteiger partial charge is 0.349 e. The molecule has 2 rings (SSSR count). The van der Waals surface area contributed by atoms with Crippen LogP contribution in [0, 0.1) is 5.92 Å². The Morgan fingerprint density at radius 1 is 1.27 bits per heavy atom. The zero-order valence-corrected chi connectivity index (χ0v) is 13.9. The van der Waals surface area contributed by atoms with Gasteiger partial charge in [-0.05, 0) is 63.4 Å². The summed E-state index contributed by atoms with van der Waals surface area (Å²) in [5.74, 6) is 0.170. The van der Waals surface area contributed by atoms with Crippen molar-refractivity contribution in [1.82, 2.24) is 5.32 Å². The molecular formula is C16H24N2O3S. The summed E-state index contributed by atoms with van der Waals surface area (Å²) in [5, 5.41) is 2.53. The van der Waals surface area contributed by atoms with Gasteiger partial charge in [0.2, 0.25) is 0 Å². The molecule has 0 spiro atoms. The molecule has 1 aromatic rings. The predicted molar refractivity (Wildman–Crippen MR) is 86.4 cm³/mol. The van der Waals surface area contributed by atoms with Gasteiger partial charge in [-0.25, -0.2) is 8.42 Å². The smallest absolute Gasteiger partial charge is 0.251 e. The van der Waals surface area contributed by atoms with Gasteiger partial charge in [0.25, 0.3) is 5.91 Å². The van der Waals surface area contributed by atoms with Crippen LogP contribution in [0.3, 0.4) is 0 Å². The summed E-state index contributed by atoms with van der Waals surface area (Å²) in [7, 11) is -3.30. The second-order valence-electron chi connectivity index (χ2n) is 6.12. The molecule has 1 aromatic carbocycles. The number of benzene rings is 1. The first-order valence-corrected chi connectivity index (χ1v) is 9.25. The molecule has 6 heteroatoms. The van der Waals surface area contributed by atoms with Crippen LogP contribution in [0.15, 0.2) is 29.2 Å². The Labute approximate surface area is 132 Å². The van der Waals surface area contributed by atoms with Gasteiger partial charge < -0.3 is 11.1 Å². The van der Waals surface area contributed by atoms with Crippen molar-refractivity contribution in [3.8, 4) is 0 Å². The fraction of sp³-hybridized carbons (Fsp3) is 0.562. The van der Waals surface area contributed by atoms with E-state index in [1.165, 1.54) is 12.1 Å². The Morgan fingerprint density at radius 3 is 2.45 bits per heavy atom. The quantitative estimate of drug-likeness (QED) is 0.863. The van der Waals surface area contributed by atoms with Crippen molar-refractivity contribution < 1.29 is 13.2 Å². The van der Waals surface area contributed by atoms with E-state index in [9.17, 15) is 13.2 Å². The molecule has 1 aliphatic carbocycles. The molecule has 2 atom stereocenters. The Balaban J connectivity index is 2.09. The van der Waals surface area contributed by atoms with Crippen molar-refractivity contribution in [2.45, 2.75) is 49.3 Å². The monoisotopic (exact) mass is 324 g/mol. The van der Waals surface area contributed by atoms with Crippen LogP contribution in [0.25, 0.3) is 0 Å². The number of hydrogen-bond acceptors (Lipinski definition) is 4. The molecule has 0 saturated heterocycles. The summed E-state index contributed by atoms with van der Waals surface area (Å²) in [6, 6.07) is 6.25. The molecule has 0 radical (unpaired) electrons. The van der Waals surface area contributed by atoms with E-state index in [1.54, 1.807) is 26.0 Å². The lowest BCUT2D eigenvalue weighted by molar-refractivity contribution is 0.0928. The van der Waals surface area contributed by atoms with Crippen LogP contribution >= 0.6 is 0 Å². The maximum absolute atomic E-state index is 12.3. The summed E-state index contributed by atoms with van der Waals surface area (Å²) in [6.45, 7) is 3.86. The van der Waals surface area contributed by atoms with E-state index in [2.05, 4.69) is 5.32 Å². The van der Waals surface area contributed by atoms with Gasteiger partial charge in [0.15, 0.2) is 9.84 Å². The van der Waals surface area contributed by atoms with E-state index in [0.717, 1.165) is 19.3 Å². The first-order chi connectivity index (χ1) is 10.4. The molecule has 22 heavy (non-hydrogen) atoms. The number of rotatable bonds is 5. The minimum Gasteiger partial charge on any atom is -0.349 e. The van der Waals surface area contributed by atoms with Crippen LogP contribution in [0.4, 0.5) is 0 Å². The van der Waals surface area contributed by atoms with Crippen molar-refractivity contribution in [2.24, 2.45) is 11.7 Å². The predicted octanol–water partition coefficient (Wildman–Crippen LogP) is 1.73. The number of carbonyl (C=O) groups is 1. The second kappa shape index (κ2) is 6.79. The molecule has 1 amide bonds. The topological polar surface area (TPSA) is 89.3 Å². The van der Waals surface area contributed by atoms with E-state index in [-0.39, 0.29) is 16.8 Å². The first-order valence-electron chi connectivity index (χ1n) is 7.71. The molecule has 3 N–H and O–H groups in total. The van der Waals surface area contributed by atoms with Crippen LogP contribution in [-0.4, -0.2) is 32.2 Å². The summed E-state index contributed by atoms with van der Waals surface area (Å²) in [5.41, 5.74) is 6.19. The van der Waals surface area contributed by atoms with Gasteiger partial charge in [-0.3, -0.25) is 4.79 Å². The molecule has 5 nitrogen and oxygen atoms in total. The van der Waals surface area contributed by atoms with E-state index >= 15 is 0 Å². The average Bonchev–Trinajstić information content (AvgIpc) is 2.94. The van der Waals surface area contributed by atoms with Gasteiger partial charge >= 0.3 is 0 Å². The van der Waals surface area contributed by atoms with Gasteiger partial charge in [-0.2, -0.15) is 0 Å². The van der Waals surface area contributed by atoms with Crippen molar-refractivity contribution in [3.05, 3.63) is 29.8 Å². The Bertz CT molecular complexity index is 623. The highest BCUT2D eigenvalue weighted by molar-refractivity contribution is 7.92. The Morgan fingerprint density at radius 2 is 1.91 bits per heavy atom. The van der Waals surface area contributed by atoms with Crippen molar-refractivity contribution >= 4 is 15.7 Å². The van der Waals surface area contributed by atoms with Gasteiger partial charge in [0, 0.05) is 11.6 Å². The highest BCUT2D eigenvalue weighted by Gasteiger charge is 2.27. The molecular weight excluding hydrogens is 300 g/mol. The zero-order chi connectivity index (χ0) is 16.3. The average molecular weight is 324 g/mol. The molecule has 0 bridgehead atoms. The van der Waals surface area contributed by atoms with Crippen molar-refractivity contribution in [1.29, 1.82) is 0 Å². The summed E-state index contributed by atoms with van der Waals surface area (Å²) in [6.07, 6.45) is 3.08. The van der Waals surface area contributed by atoms with Crippen LogP contribution in [0.5, 0.6) is 0 Å². The normalized spacial score (nSPS) is 22.0. The van der Waals surface area contributed by atoms with Gasteiger partial charge in [0.05, 0.1) is 10.1 Å². The molecule has 0 aromatic heterocycles.